The van der Waals surface area contributed by atoms with E-state index in [1.165, 1.54) is 0 Å². The van der Waals surface area contributed by atoms with Crippen LogP contribution >= 0.6 is 35.7 Å². The van der Waals surface area contributed by atoms with Gasteiger partial charge in [-0.15, -0.1) is 24.0 Å². The van der Waals surface area contributed by atoms with Crippen LogP contribution in [0.3, 0.4) is 0 Å². The Morgan fingerprint density at radius 3 is 2.56 bits per heavy atom. The van der Waals surface area contributed by atoms with E-state index in [2.05, 4.69) is 33.8 Å². The second-order valence-electron chi connectivity index (χ2n) is 6.21. The first kappa shape index (κ1) is 22.5. The van der Waals surface area contributed by atoms with Crippen molar-refractivity contribution in [1.82, 2.24) is 14.9 Å². The first-order valence-corrected chi connectivity index (χ1v) is 10.5. The van der Waals surface area contributed by atoms with E-state index in [-0.39, 0.29) is 33.6 Å². The molecule has 2 N–H and O–H groups in total. The molecule has 6 nitrogen and oxygen atoms in total. The second-order valence-corrected chi connectivity index (χ2v) is 9.78. The molecule has 0 atom stereocenters. The quantitative estimate of drug-likeness (QED) is 0.281. The van der Waals surface area contributed by atoms with Gasteiger partial charge in [-0.3, -0.25) is 4.99 Å². The fourth-order valence-corrected chi connectivity index (χ4v) is 4.74. The molecule has 0 spiro atoms. The van der Waals surface area contributed by atoms with Gasteiger partial charge in [-0.1, -0.05) is 18.2 Å². The van der Waals surface area contributed by atoms with Gasteiger partial charge in [0.15, 0.2) is 5.96 Å². The summed E-state index contributed by atoms with van der Waals surface area (Å²) in [6.45, 7) is 7.12. The molecule has 1 aliphatic heterocycles. The normalized spacial score (nSPS) is 17.7. The van der Waals surface area contributed by atoms with Crippen LogP contribution in [0.1, 0.15) is 13.8 Å². The summed E-state index contributed by atoms with van der Waals surface area (Å²) in [5, 5.41) is 3.24. The maximum atomic E-state index is 12.2. The SMILES string of the molecule is CN=C(NCCNS(=O)(=O)c1ccccc1)N1CCSC(C)(C)C1.I. The van der Waals surface area contributed by atoms with Gasteiger partial charge in [-0.05, 0) is 26.0 Å². The molecule has 2 rings (SSSR count). The Morgan fingerprint density at radius 2 is 1.96 bits per heavy atom. The molecule has 142 valence electrons. The van der Waals surface area contributed by atoms with Crippen LogP contribution < -0.4 is 10.0 Å². The summed E-state index contributed by atoms with van der Waals surface area (Å²) in [5.74, 6) is 1.89. The minimum Gasteiger partial charge on any atom is -0.355 e. The van der Waals surface area contributed by atoms with Crippen molar-refractivity contribution in [3.8, 4) is 0 Å². The Kier molecular flexibility index (Phi) is 8.99. The lowest BCUT2D eigenvalue weighted by molar-refractivity contribution is 0.376. The van der Waals surface area contributed by atoms with Gasteiger partial charge in [0.25, 0.3) is 0 Å². The Labute approximate surface area is 172 Å². The molecule has 9 heteroatoms. The number of rotatable bonds is 5. The molecule has 0 unspecified atom stereocenters. The minimum absolute atomic E-state index is 0. The molecule has 0 aromatic heterocycles. The maximum Gasteiger partial charge on any atom is 0.240 e. The molecule has 0 aliphatic carbocycles. The van der Waals surface area contributed by atoms with Crippen molar-refractivity contribution in [3.63, 3.8) is 0 Å². The monoisotopic (exact) mass is 498 g/mol. The Bertz CT molecular complexity index is 666. The molecule has 0 bridgehead atoms. The highest BCUT2D eigenvalue weighted by Crippen LogP contribution is 2.29. The van der Waals surface area contributed by atoms with E-state index < -0.39 is 10.0 Å². The van der Waals surface area contributed by atoms with Gasteiger partial charge < -0.3 is 10.2 Å². The van der Waals surface area contributed by atoms with Gasteiger partial charge in [-0.2, -0.15) is 11.8 Å². The molecule has 1 saturated heterocycles. The van der Waals surface area contributed by atoms with Crippen molar-refractivity contribution >= 4 is 51.7 Å². The van der Waals surface area contributed by atoms with Gasteiger partial charge in [0, 0.05) is 43.7 Å². The molecule has 0 amide bonds. The maximum absolute atomic E-state index is 12.2. The van der Waals surface area contributed by atoms with Crippen LogP contribution in [0.4, 0.5) is 0 Å². The average Bonchev–Trinajstić information content (AvgIpc) is 2.55. The molecule has 25 heavy (non-hydrogen) atoms. The minimum atomic E-state index is -3.46. The average molecular weight is 498 g/mol. The fraction of sp³-hybridized carbons (Fsp3) is 0.562. The Morgan fingerprint density at radius 1 is 1.28 bits per heavy atom. The molecule has 1 heterocycles. The summed E-state index contributed by atoms with van der Waals surface area (Å²) >= 11 is 1.97. The van der Waals surface area contributed by atoms with Crippen LogP contribution in [0.5, 0.6) is 0 Å². The lowest BCUT2D eigenvalue weighted by Gasteiger charge is -2.39. The zero-order chi connectivity index (χ0) is 17.6. The largest absolute Gasteiger partial charge is 0.355 e. The molecule has 0 saturated carbocycles. The number of nitrogens with zero attached hydrogens (tertiary/aromatic N) is 2. The summed E-state index contributed by atoms with van der Waals surface area (Å²) in [6.07, 6.45) is 0. The lowest BCUT2D eigenvalue weighted by atomic mass is 10.2. The molecular weight excluding hydrogens is 471 g/mol. The van der Waals surface area contributed by atoms with Crippen LogP contribution in [-0.2, 0) is 10.0 Å². The molecule has 1 aromatic carbocycles. The molecule has 1 fully saturated rings. The van der Waals surface area contributed by atoms with Crippen LogP contribution in [-0.4, -0.2) is 63.0 Å². The summed E-state index contributed by atoms with van der Waals surface area (Å²) in [4.78, 5) is 6.82. The van der Waals surface area contributed by atoms with Crippen LogP contribution in [0, 0.1) is 0 Å². The number of sulfonamides is 1. The summed E-state index contributed by atoms with van der Waals surface area (Å²) < 4.78 is 27.1. The number of hydrogen-bond donors (Lipinski definition) is 2. The summed E-state index contributed by atoms with van der Waals surface area (Å²) in [6, 6.07) is 8.39. The number of aliphatic imine (C=N–C) groups is 1. The van der Waals surface area contributed by atoms with E-state index in [0.29, 0.717) is 13.1 Å². The number of halogens is 1. The third-order valence-corrected chi connectivity index (χ3v) is 6.46. The van der Waals surface area contributed by atoms with E-state index in [0.717, 1.165) is 24.8 Å². The van der Waals surface area contributed by atoms with Crippen LogP contribution in [0.25, 0.3) is 0 Å². The van der Waals surface area contributed by atoms with Gasteiger partial charge in [-0.25, -0.2) is 13.1 Å². The third kappa shape index (κ3) is 6.95. The fourth-order valence-electron chi connectivity index (χ4n) is 2.57. The third-order valence-electron chi connectivity index (χ3n) is 3.69. The van der Waals surface area contributed by atoms with E-state index in [4.69, 9.17) is 0 Å². The van der Waals surface area contributed by atoms with E-state index in [1.54, 1.807) is 37.4 Å². The summed E-state index contributed by atoms with van der Waals surface area (Å²) in [5.41, 5.74) is 0. The highest BCUT2D eigenvalue weighted by molar-refractivity contribution is 14.0. The predicted octanol–water partition coefficient (Wildman–Crippen LogP) is 1.99. The smallest absolute Gasteiger partial charge is 0.240 e. The zero-order valence-electron chi connectivity index (χ0n) is 14.9. The molecule has 1 aromatic rings. The number of guanidine groups is 1. The van der Waals surface area contributed by atoms with E-state index in [1.807, 2.05) is 11.8 Å². The lowest BCUT2D eigenvalue weighted by Crippen LogP contribution is -2.51. The highest BCUT2D eigenvalue weighted by Gasteiger charge is 2.28. The van der Waals surface area contributed by atoms with Gasteiger partial charge >= 0.3 is 0 Å². The predicted molar refractivity (Wildman–Crippen MR) is 117 cm³/mol. The molecular formula is C16H27IN4O2S2. The van der Waals surface area contributed by atoms with E-state index in [9.17, 15) is 8.42 Å². The molecule has 1 aliphatic rings. The van der Waals surface area contributed by atoms with Crippen molar-refractivity contribution in [2.24, 2.45) is 4.99 Å². The zero-order valence-corrected chi connectivity index (χ0v) is 18.8. The number of benzene rings is 1. The molecule has 0 radical (unpaired) electrons. The standard InChI is InChI=1S/C16H26N4O2S2.HI/c1-16(2)13-20(11-12-23-16)15(17-3)18-9-10-19-24(21,22)14-7-5-4-6-8-14;/h4-8,19H,9-13H2,1-3H3,(H,17,18);1H. The van der Waals surface area contributed by atoms with Gasteiger partial charge in [0.1, 0.15) is 0 Å². The van der Waals surface area contributed by atoms with Crippen LogP contribution in [0.15, 0.2) is 40.2 Å². The van der Waals surface area contributed by atoms with E-state index >= 15 is 0 Å². The second kappa shape index (κ2) is 9.98. The van der Waals surface area contributed by atoms with Gasteiger partial charge in [0.05, 0.1) is 4.90 Å². The van der Waals surface area contributed by atoms with Crippen molar-refractivity contribution in [3.05, 3.63) is 30.3 Å². The first-order valence-electron chi connectivity index (χ1n) is 7.98. The highest BCUT2D eigenvalue weighted by atomic mass is 127. The number of nitrogens with one attached hydrogen (secondary N) is 2. The van der Waals surface area contributed by atoms with Crippen molar-refractivity contribution in [1.29, 1.82) is 0 Å². The van der Waals surface area contributed by atoms with Crippen molar-refractivity contribution < 1.29 is 8.42 Å². The topological polar surface area (TPSA) is 73.8 Å². The first-order chi connectivity index (χ1) is 11.3. The van der Waals surface area contributed by atoms with Crippen molar-refractivity contribution in [2.75, 3.05) is 39.0 Å². The number of thioether (sulfide) groups is 1. The van der Waals surface area contributed by atoms with Crippen LogP contribution in [0.2, 0.25) is 0 Å². The summed E-state index contributed by atoms with van der Waals surface area (Å²) in [7, 11) is -1.70. The van der Waals surface area contributed by atoms with Gasteiger partial charge in [0.2, 0.25) is 10.0 Å². The van der Waals surface area contributed by atoms with Crippen molar-refractivity contribution in [2.45, 2.75) is 23.5 Å². The Balaban J connectivity index is 0.00000312. The number of hydrogen-bond acceptors (Lipinski definition) is 4. The Hall–Kier alpha value is -0.520.